The smallest absolute Gasteiger partial charge is 0.171 e. The number of benzene rings is 2. The fraction of sp³-hybridized carbons (Fsp3) is 0.278. The Morgan fingerprint density at radius 1 is 0.857 bits per heavy atom. The van der Waals surface area contributed by atoms with Gasteiger partial charge >= 0.3 is 0 Å². The van der Waals surface area contributed by atoms with Crippen LogP contribution in [0, 0.1) is 0 Å². The molecule has 0 aliphatic carbocycles. The molecule has 110 valence electrons. The lowest BCUT2D eigenvalue weighted by Gasteiger charge is -2.17. The van der Waals surface area contributed by atoms with Crippen molar-refractivity contribution in [1.29, 1.82) is 0 Å². The summed E-state index contributed by atoms with van der Waals surface area (Å²) in [7, 11) is 0. The molecule has 0 radical (unpaired) electrons. The van der Waals surface area contributed by atoms with Crippen LogP contribution in [-0.2, 0) is 0 Å². The third-order valence-electron chi connectivity index (χ3n) is 3.48. The second-order valence-electron chi connectivity index (χ2n) is 5.51. The Morgan fingerprint density at radius 3 is 2.05 bits per heavy atom. The van der Waals surface area contributed by atoms with Crippen LogP contribution in [0.1, 0.15) is 43.9 Å². The summed E-state index contributed by atoms with van der Waals surface area (Å²) < 4.78 is 0. The maximum Gasteiger partial charge on any atom is 0.171 e. The minimum Gasteiger partial charge on any atom is -0.356 e. The molecule has 2 N–H and O–H groups in total. The Hall–Kier alpha value is -1.87. The predicted molar refractivity (Wildman–Crippen MR) is 94.7 cm³/mol. The fourth-order valence-electron chi connectivity index (χ4n) is 2.14. The van der Waals surface area contributed by atoms with E-state index in [1.54, 1.807) is 0 Å². The van der Waals surface area contributed by atoms with Gasteiger partial charge in [-0.1, -0.05) is 56.3 Å². The second-order valence-corrected chi connectivity index (χ2v) is 5.92. The quantitative estimate of drug-likeness (QED) is 0.788. The highest BCUT2D eigenvalue weighted by Crippen LogP contribution is 2.17. The van der Waals surface area contributed by atoms with Gasteiger partial charge in [-0.15, -0.1) is 0 Å². The largest absolute Gasteiger partial charge is 0.356 e. The summed E-state index contributed by atoms with van der Waals surface area (Å²) in [4.78, 5) is 0. The average Bonchev–Trinajstić information content (AvgIpc) is 2.48. The van der Waals surface area contributed by atoms with E-state index in [4.69, 9.17) is 12.2 Å². The number of hydrogen-bond acceptors (Lipinski definition) is 1. The van der Waals surface area contributed by atoms with E-state index in [1.807, 2.05) is 18.2 Å². The zero-order valence-electron chi connectivity index (χ0n) is 12.8. The van der Waals surface area contributed by atoms with E-state index in [9.17, 15) is 0 Å². The first kappa shape index (κ1) is 15.5. The molecule has 2 aromatic rings. The summed E-state index contributed by atoms with van der Waals surface area (Å²) in [6.07, 6.45) is 0. The molecule has 0 spiro atoms. The van der Waals surface area contributed by atoms with Crippen LogP contribution in [0.25, 0.3) is 0 Å². The van der Waals surface area contributed by atoms with Gasteiger partial charge in [0.2, 0.25) is 0 Å². The van der Waals surface area contributed by atoms with Gasteiger partial charge in [0.05, 0.1) is 6.04 Å². The lowest BCUT2D eigenvalue weighted by atomic mass is 10.0. The first-order chi connectivity index (χ1) is 10.1. The Kier molecular flexibility index (Phi) is 5.34. The number of hydrogen-bond donors (Lipinski definition) is 2. The molecule has 2 rings (SSSR count). The minimum absolute atomic E-state index is 0.182. The second kappa shape index (κ2) is 7.23. The Balaban J connectivity index is 1.92. The van der Waals surface area contributed by atoms with Crippen molar-refractivity contribution in [2.75, 3.05) is 5.32 Å². The van der Waals surface area contributed by atoms with Crippen molar-refractivity contribution in [1.82, 2.24) is 5.32 Å². The first-order valence-corrected chi connectivity index (χ1v) is 7.69. The van der Waals surface area contributed by atoms with Crippen LogP contribution in [0.5, 0.6) is 0 Å². The van der Waals surface area contributed by atoms with E-state index in [2.05, 4.69) is 67.8 Å². The van der Waals surface area contributed by atoms with Crippen molar-refractivity contribution in [3.8, 4) is 0 Å². The molecule has 21 heavy (non-hydrogen) atoms. The molecule has 0 aliphatic rings. The molecule has 0 aliphatic heterocycles. The van der Waals surface area contributed by atoms with Crippen LogP contribution in [0.4, 0.5) is 5.69 Å². The van der Waals surface area contributed by atoms with Crippen LogP contribution in [-0.4, -0.2) is 5.11 Å². The van der Waals surface area contributed by atoms with E-state index < -0.39 is 0 Å². The van der Waals surface area contributed by atoms with E-state index >= 15 is 0 Å². The zero-order chi connectivity index (χ0) is 15.2. The van der Waals surface area contributed by atoms with Crippen molar-refractivity contribution >= 4 is 23.0 Å². The molecule has 0 saturated carbocycles. The van der Waals surface area contributed by atoms with Crippen LogP contribution in [0.2, 0.25) is 0 Å². The zero-order valence-corrected chi connectivity index (χ0v) is 13.6. The predicted octanol–water partition coefficient (Wildman–Crippen LogP) is 4.86. The molecule has 2 nitrogen and oxygen atoms in total. The van der Waals surface area contributed by atoms with Gasteiger partial charge in [0.1, 0.15) is 0 Å². The van der Waals surface area contributed by atoms with Crippen LogP contribution in [0.15, 0.2) is 54.6 Å². The van der Waals surface area contributed by atoms with Crippen LogP contribution in [0.3, 0.4) is 0 Å². The highest BCUT2D eigenvalue weighted by molar-refractivity contribution is 7.80. The average molecular weight is 298 g/mol. The number of thiocarbonyl (C=S) groups is 1. The molecule has 0 fully saturated rings. The summed E-state index contributed by atoms with van der Waals surface area (Å²) in [5.41, 5.74) is 3.56. The van der Waals surface area contributed by atoms with Gasteiger partial charge in [0.15, 0.2) is 5.11 Å². The van der Waals surface area contributed by atoms with Crippen molar-refractivity contribution in [2.24, 2.45) is 0 Å². The number of nitrogens with one attached hydrogen (secondary N) is 2. The molecule has 2 aromatic carbocycles. The molecule has 3 heteroatoms. The van der Waals surface area contributed by atoms with E-state index in [0.29, 0.717) is 11.0 Å². The van der Waals surface area contributed by atoms with Gasteiger partial charge in [-0.25, -0.2) is 0 Å². The number of anilines is 1. The lowest BCUT2D eigenvalue weighted by Crippen LogP contribution is -2.30. The monoisotopic (exact) mass is 298 g/mol. The van der Waals surface area contributed by atoms with Gasteiger partial charge < -0.3 is 10.6 Å². The van der Waals surface area contributed by atoms with E-state index in [0.717, 1.165) is 5.69 Å². The van der Waals surface area contributed by atoms with Gasteiger partial charge in [-0.05, 0) is 48.3 Å². The van der Waals surface area contributed by atoms with Crippen molar-refractivity contribution in [3.63, 3.8) is 0 Å². The van der Waals surface area contributed by atoms with Crippen LogP contribution >= 0.6 is 12.2 Å². The third kappa shape index (κ3) is 4.57. The SMILES string of the molecule is CC(C)c1ccc(NC(=S)N[C@@H](C)c2ccccc2)cc1. The van der Waals surface area contributed by atoms with E-state index in [-0.39, 0.29) is 6.04 Å². The minimum atomic E-state index is 0.182. The van der Waals surface area contributed by atoms with Crippen molar-refractivity contribution < 1.29 is 0 Å². The lowest BCUT2D eigenvalue weighted by molar-refractivity contribution is 0.722. The molecule has 0 heterocycles. The first-order valence-electron chi connectivity index (χ1n) is 7.28. The fourth-order valence-corrected chi connectivity index (χ4v) is 2.43. The van der Waals surface area contributed by atoms with Crippen molar-refractivity contribution in [3.05, 3.63) is 65.7 Å². The molecule has 1 atom stereocenters. The topological polar surface area (TPSA) is 24.1 Å². The molecule has 0 unspecified atom stereocenters. The summed E-state index contributed by atoms with van der Waals surface area (Å²) in [5.74, 6) is 0.544. The highest BCUT2D eigenvalue weighted by Gasteiger charge is 2.06. The summed E-state index contributed by atoms with van der Waals surface area (Å²) in [6, 6.07) is 18.9. The third-order valence-corrected chi connectivity index (χ3v) is 3.70. The molecule has 0 aromatic heterocycles. The van der Waals surface area contributed by atoms with Crippen molar-refractivity contribution in [2.45, 2.75) is 32.7 Å². The van der Waals surface area contributed by atoms with Gasteiger partial charge in [0, 0.05) is 5.69 Å². The number of rotatable bonds is 4. The van der Waals surface area contributed by atoms with E-state index in [1.165, 1.54) is 11.1 Å². The van der Waals surface area contributed by atoms with Gasteiger partial charge in [-0.3, -0.25) is 0 Å². The molecule has 0 bridgehead atoms. The summed E-state index contributed by atoms with van der Waals surface area (Å²) in [5, 5.41) is 7.17. The molecule has 0 saturated heterocycles. The summed E-state index contributed by atoms with van der Waals surface area (Å²) >= 11 is 5.37. The molecule has 0 amide bonds. The normalized spacial score (nSPS) is 12.0. The molecular formula is C18H22N2S. The Labute approximate surface area is 132 Å². The Bertz CT molecular complexity index is 576. The van der Waals surface area contributed by atoms with Crippen LogP contribution < -0.4 is 10.6 Å². The maximum absolute atomic E-state index is 5.37. The Morgan fingerprint density at radius 2 is 1.48 bits per heavy atom. The molecular weight excluding hydrogens is 276 g/mol. The standard InChI is InChI=1S/C18H22N2S/c1-13(2)15-9-11-17(12-10-15)20-18(21)19-14(3)16-7-5-4-6-8-16/h4-14H,1-3H3,(H2,19,20,21)/t14-/m0/s1. The highest BCUT2D eigenvalue weighted by atomic mass is 32.1. The summed E-state index contributed by atoms with van der Waals surface area (Å²) in [6.45, 7) is 6.48. The maximum atomic E-state index is 5.37. The van der Waals surface area contributed by atoms with Gasteiger partial charge in [0.25, 0.3) is 0 Å². The van der Waals surface area contributed by atoms with Gasteiger partial charge in [-0.2, -0.15) is 0 Å².